The van der Waals surface area contributed by atoms with Gasteiger partial charge in [-0.1, -0.05) is 32.6 Å². The molecule has 0 unspecified atom stereocenters. The molecule has 0 heterocycles. The molecule has 0 aliphatic heterocycles. The third kappa shape index (κ3) is 5.45. The summed E-state index contributed by atoms with van der Waals surface area (Å²) in [6, 6.07) is 7.74. The standard InChI is InChI=1S/C22H31IO2/c1-2-3-16-4-6-17(7-5-16)18-8-10-19(11-9-18)22(24)25-21-14-12-20(23)13-15-21/h12-19H,2-11H2,1H3. The SMILES string of the molecule is CCCC1CCC(C2CCC(C(=O)Oc3ccc(I)cc3)CC2)CC1. The van der Waals surface area contributed by atoms with E-state index >= 15 is 0 Å². The molecule has 2 aliphatic carbocycles. The first kappa shape index (κ1) is 19.2. The molecule has 2 nitrogen and oxygen atoms in total. The highest BCUT2D eigenvalue weighted by molar-refractivity contribution is 14.1. The van der Waals surface area contributed by atoms with Crippen LogP contribution in [0.4, 0.5) is 0 Å². The fraction of sp³-hybridized carbons (Fsp3) is 0.682. The lowest BCUT2D eigenvalue weighted by Crippen LogP contribution is -2.30. The fourth-order valence-corrected chi connectivity index (χ4v) is 5.24. The molecular formula is C22H31IO2. The average molecular weight is 454 g/mol. The largest absolute Gasteiger partial charge is 0.426 e. The number of carbonyl (C=O) groups excluding carboxylic acids is 1. The molecule has 0 saturated heterocycles. The molecule has 0 bridgehead atoms. The molecule has 3 heteroatoms. The molecule has 1 aromatic carbocycles. The van der Waals surface area contributed by atoms with E-state index in [4.69, 9.17) is 4.74 Å². The van der Waals surface area contributed by atoms with Gasteiger partial charge in [-0.05, 0) is 103 Å². The number of ether oxygens (including phenoxy) is 1. The Labute approximate surface area is 166 Å². The van der Waals surface area contributed by atoms with E-state index in [9.17, 15) is 4.79 Å². The van der Waals surface area contributed by atoms with E-state index in [-0.39, 0.29) is 11.9 Å². The van der Waals surface area contributed by atoms with Gasteiger partial charge in [-0.15, -0.1) is 0 Å². The van der Waals surface area contributed by atoms with Crippen molar-refractivity contribution >= 4 is 28.6 Å². The predicted molar refractivity (Wildman–Crippen MR) is 111 cm³/mol. The van der Waals surface area contributed by atoms with Crippen molar-refractivity contribution in [2.75, 3.05) is 0 Å². The fourth-order valence-electron chi connectivity index (χ4n) is 4.88. The number of carbonyl (C=O) groups is 1. The van der Waals surface area contributed by atoms with E-state index in [1.54, 1.807) is 0 Å². The summed E-state index contributed by atoms with van der Waals surface area (Å²) in [4.78, 5) is 12.4. The predicted octanol–water partition coefficient (Wildman–Crippen LogP) is 6.61. The van der Waals surface area contributed by atoms with Crippen molar-refractivity contribution in [3.05, 3.63) is 27.8 Å². The molecule has 0 aromatic heterocycles. The van der Waals surface area contributed by atoms with Gasteiger partial charge in [0.1, 0.15) is 5.75 Å². The number of halogens is 1. The maximum Gasteiger partial charge on any atom is 0.314 e. The summed E-state index contributed by atoms with van der Waals surface area (Å²) in [6.45, 7) is 2.31. The van der Waals surface area contributed by atoms with Crippen LogP contribution in [-0.4, -0.2) is 5.97 Å². The van der Waals surface area contributed by atoms with E-state index < -0.39 is 0 Å². The number of hydrogen-bond acceptors (Lipinski definition) is 2. The molecule has 0 spiro atoms. The van der Waals surface area contributed by atoms with Crippen LogP contribution in [0.2, 0.25) is 0 Å². The summed E-state index contributed by atoms with van der Waals surface area (Å²) in [5.74, 6) is 3.52. The monoisotopic (exact) mass is 454 g/mol. The highest BCUT2D eigenvalue weighted by Crippen LogP contribution is 2.42. The van der Waals surface area contributed by atoms with E-state index in [1.165, 1.54) is 51.4 Å². The van der Waals surface area contributed by atoms with Gasteiger partial charge in [-0.2, -0.15) is 0 Å². The minimum Gasteiger partial charge on any atom is -0.426 e. The Bertz CT molecular complexity index is 538. The quantitative estimate of drug-likeness (QED) is 0.284. The summed E-state index contributed by atoms with van der Waals surface area (Å²) in [5, 5.41) is 0. The molecule has 0 N–H and O–H groups in total. The Balaban J connectivity index is 1.42. The third-order valence-electron chi connectivity index (χ3n) is 6.39. The molecule has 0 amide bonds. The second-order valence-electron chi connectivity index (χ2n) is 8.06. The van der Waals surface area contributed by atoms with Gasteiger partial charge in [0.15, 0.2) is 0 Å². The minimum atomic E-state index is -0.0219. The molecule has 2 aliphatic rings. The van der Waals surface area contributed by atoms with Gasteiger partial charge in [0, 0.05) is 3.57 Å². The number of hydrogen-bond donors (Lipinski definition) is 0. The van der Waals surface area contributed by atoms with Gasteiger partial charge in [0.2, 0.25) is 0 Å². The van der Waals surface area contributed by atoms with Gasteiger partial charge in [-0.25, -0.2) is 0 Å². The highest BCUT2D eigenvalue weighted by Gasteiger charge is 2.33. The lowest BCUT2D eigenvalue weighted by molar-refractivity contribution is -0.140. The van der Waals surface area contributed by atoms with Crippen molar-refractivity contribution < 1.29 is 9.53 Å². The van der Waals surface area contributed by atoms with Crippen LogP contribution in [0.15, 0.2) is 24.3 Å². The van der Waals surface area contributed by atoms with Gasteiger partial charge < -0.3 is 4.74 Å². The van der Waals surface area contributed by atoms with Crippen LogP contribution in [0.3, 0.4) is 0 Å². The Morgan fingerprint density at radius 1 is 0.960 bits per heavy atom. The van der Waals surface area contributed by atoms with Gasteiger partial charge in [0.05, 0.1) is 5.92 Å². The first-order valence-electron chi connectivity index (χ1n) is 10.1. The van der Waals surface area contributed by atoms with E-state index in [1.807, 2.05) is 24.3 Å². The molecular weight excluding hydrogens is 423 g/mol. The smallest absolute Gasteiger partial charge is 0.314 e. The van der Waals surface area contributed by atoms with Crippen molar-refractivity contribution in [2.24, 2.45) is 23.7 Å². The van der Waals surface area contributed by atoms with Gasteiger partial charge in [0.25, 0.3) is 0 Å². The Hall–Kier alpha value is -0.580. The van der Waals surface area contributed by atoms with Crippen LogP contribution >= 0.6 is 22.6 Å². The zero-order chi connectivity index (χ0) is 17.6. The maximum atomic E-state index is 12.4. The van der Waals surface area contributed by atoms with Crippen molar-refractivity contribution in [3.63, 3.8) is 0 Å². The van der Waals surface area contributed by atoms with Crippen molar-refractivity contribution in [2.45, 2.75) is 71.1 Å². The zero-order valence-electron chi connectivity index (χ0n) is 15.4. The first-order chi connectivity index (χ1) is 12.2. The molecule has 138 valence electrons. The second-order valence-corrected chi connectivity index (χ2v) is 9.30. The summed E-state index contributed by atoms with van der Waals surface area (Å²) >= 11 is 2.26. The van der Waals surface area contributed by atoms with Gasteiger partial charge in [-0.3, -0.25) is 4.79 Å². The number of benzene rings is 1. The van der Waals surface area contributed by atoms with Crippen LogP contribution in [0.1, 0.15) is 71.1 Å². The van der Waals surface area contributed by atoms with Crippen molar-refractivity contribution in [1.82, 2.24) is 0 Å². The molecule has 2 saturated carbocycles. The van der Waals surface area contributed by atoms with Crippen molar-refractivity contribution in [3.8, 4) is 5.75 Å². The molecule has 0 radical (unpaired) electrons. The van der Waals surface area contributed by atoms with Crippen LogP contribution in [0.25, 0.3) is 0 Å². The lowest BCUT2D eigenvalue weighted by atomic mass is 9.69. The van der Waals surface area contributed by atoms with E-state index in [2.05, 4.69) is 29.5 Å². The second kappa shape index (κ2) is 9.38. The first-order valence-corrected chi connectivity index (χ1v) is 11.2. The van der Waals surface area contributed by atoms with Crippen LogP contribution in [-0.2, 0) is 4.79 Å². The lowest BCUT2D eigenvalue weighted by Gasteiger charge is -2.37. The molecule has 25 heavy (non-hydrogen) atoms. The molecule has 0 atom stereocenters. The molecule has 1 aromatic rings. The summed E-state index contributed by atoms with van der Waals surface area (Å²) < 4.78 is 6.75. The number of rotatable bonds is 5. The zero-order valence-corrected chi connectivity index (χ0v) is 17.5. The molecule has 3 rings (SSSR count). The Morgan fingerprint density at radius 2 is 1.52 bits per heavy atom. The normalized spacial score (nSPS) is 30.0. The van der Waals surface area contributed by atoms with E-state index in [0.717, 1.165) is 34.2 Å². The van der Waals surface area contributed by atoms with Gasteiger partial charge >= 0.3 is 5.97 Å². The Kier molecular flexibility index (Phi) is 7.20. The van der Waals surface area contributed by atoms with Crippen LogP contribution in [0, 0.1) is 27.2 Å². The summed E-state index contributed by atoms with van der Waals surface area (Å²) in [5.41, 5.74) is 0. The minimum absolute atomic E-state index is 0.0219. The van der Waals surface area contributed by atoms with E-state index in [0.29, 0.717) is 5.75 Å². The van der Waals surface area contributed by atoms with Crippen molar-refractivity contribution in [1.29, 1.82) is 0 Å². The Morgan fingerprint density at radius 3 is 2.08 bits per heavy atom. The molecule has 2 fully saturated rings. The number of esters is 1. The van der Waals surface area contributed by atoms with Crippen LogP contribution < -0.4 is 4.74 Å². The average Bonchev–Trinajstić information content (AvgIpc) is 2.65. The summed E-state index contributed by atoms with van der Waals surface area (Å²) in [7, 11) is 0. The topological polar surface area (TPSA) is 26.3 Å². The summed E-state index contributed by atoms with van der Waals surface area (Å²) in [6.07, 6.45) is 12.9. The highest BCUT2D eigenvalue weighted by atomic mass is 127. The van der Waals surface area contributed by atoms with Crippen LogP contribution in [0.5, 0.6) is 5.75 Å². The third-order valence-corrected chi connectivity index (χ3v) is 7.11. The maximum absolute atomic E-state index is 12.4.